The number of rotatable bonds is 1. The molecule has 0 aliphatic rings. The van der Waals surface area contributed by atoms with Crippen LogP contribution in [0, 0.1) is 12.0 Å². The van der Waals surface area contributed by atoms with Crippen LogP contribution >= 0.6 is 0 Å². The first kappa shape index (κ1) is 9.66. The van der Waals surface area contributed by atoms with E-state index in [0.29, 0.717) is 5.69 Å². The van der Waals surface area contributed by atoms with Crippen molar-refractivity contribution in [2.24, 2.45) is 5.41 Å². The van der Waals surface area contributed by atoms with Crippen LogP contribution in [0.2, 0.25) is 0 Å². The molecule has 0 saturated heterocycles. The number of aromatic nitrogens is 2. The Labute approximate surface area is 78.7 Å². The van der Waals surface area contributed by atoms with Gasteiger partial charge in [-0.2, -0.15) is 0 Å². The molecule has 1 aromatic rings. The zero-order valence-electron chi connectivity index (χ0n) is 8.20. The average molecular weight is 175 g/mol. The SMILES string of the molecule is [C-]#[N+]c1cncnc1CC(C)(C)C. The summed E-state index contributed by atoms with van der Waals surface area (Å²) in [5.74, 6) is 0. The maximum atomic E-state index is 6.94. The van der Waals surface area contributed by atoms with Crippen LogP contribution in [0.25, 0.3) is 4.85 Å². The van der Waals surface area contributed by atoms with Gasteiger partial charge in [-0.1, -0.05) is 20.8 Å². The molecule has 0 aliphatic heterocycles. The predicted molar refractivity (Wildman–Crippen MR) is 51.5 cm³/mol. The van der Waals surface area contributed by atoms with Gasteiger partial charge in [0.05, 0.1) is 12.3 Å². The number of nitrogens with zero attached hydrogens (tertiary/aromatic N) is 3. The molecular formula is C10H13N3. The van der Waals surface area contributed by atoms with Crippen LogP contribution in [0.3, 0.4) is 0 Å². The highest BCUT2D eigenvalue weighted by atomic mass is 14.9. The molecule has 0 atom stereocenters. The summed E-state index contributed by atoms with van der Waals surface area (Å²) in [6, 6.07) is 0. The highest BCUT2D eigenvalue weighted by molar-refractivity contribution is 5.46. The second-order valence-corrected chi connectivity index (χ2v) is 4.20. The molecule has 0 unspecified atom stereocenters. The molecule has 0 bridgehead atoms. The van der Waals surface area contributed by atoms with Crippen LogP contribution in [-0.2, 0) is 6.42 Å². The minimum Gasteiger partial charge on any atom is -0.256 e. The van der Waals surface area contributed by atoms with Crippen molar-refractivity contribution in [2.45, 2.75) is 27.2 Å². The molecule has 1 heterocycles. The standard InChI is InChI=1S/C10H13N3/c1-10(2,3)5-8-9(11-4)6-12-7-13-8/h6-7H,5H2,1-3H3. The summed E-state index contributed by atoms with van der Waals surface area (Å²) in [7, 11) is 0. The zero-order valence-corrected chi connectivity index (χ0v) is 8.20. The first-order valence-electron chi connectivity index (χ1n) is 4.19. The lowest BCUT2D eigenvalue weighted by atomic mass is 9.90. The number of hydrogen-bond donors (Lipinski definition) is 0. The topological polar surface area (TPSA) is 30.1 Å². The first-order valence-corrected chi connectivity index (χ1v) is 4.19. The van der Waals surface area contributed by atoms with Gasteiger partial charge in [0.1, 0.15) is 6.33 Å². The summed E-state index contributed by atoms with van der Waals surface area (Å²) < 4.78 is 0. The quantitative estimate of drug-likeness (QED) is 0.614. The van der Waals surface area contributed by atoms with E-state index in [1.165, 1.54) is 6.33 Å². The minimum absolute atomic E-state index is 0.161. The van der Waals surface area contributed by atoms with Crippen molar-refractivity contribution in [1.82, 2.24) is 9.97 Å². The summed E-state index contributed by atoms with van der Waals surface area (Å²) >= 11 is 0. The lowest BCUT2D eigenvalue weighted by molar-refractivity contribution is 0.407. The Morgan fingerprint density at radius 3 is 2.69 bits per heavy atom. The van der Waals surface area contributed by atoms with E-state index in [-0.39, 0.29) is 5.41 Å². The Morgan fingerprint density at radius 2 is 2.15 bits per heavy atom. The summed E-state index contributed by atoms with van der Waals surface area (Å²) in [5, 5.41) is 0. The van der Waals surface area contributed by atoms with Crippen molar-refractivity contribution in [3.05, 3.63) is 29.6 Å². The molecule has 0 aromatic carbocycles. The van der Waals surface area contributed by atoms with Crippen LogP contribution in [0.4, 0.5) is 5.69 Å². The Kier molecular flexibility index (Phi) is 2.62. The smallest absolute Gasteiger partial charge is 0.226 e. The highest BCUT2D eigenvalue weighted by Crippen LogP contribution is 2.24. The molecule has 0 saturated carbocycles. The summed E-state index contributed by atoms with van der Waals surface area (Å²) in [4.78, 5) is 11.3. The van der Waals surface area contributed by atoms with E-state index in [2.05, 4.69) is 35.6 Å². The van der Waals surface area contributed by atoms with Gasteiger partial charge in [-0.05, 0) is 11.8 Å². The third-order valence-corrected chi connectivity index (χ3v) is 1.59. The average Bonchev–Trinajstić information content (AvgIpc) is 2.02. The Balaban J connectivity index is 2.96. The van der Waals surface area contributed by atoms with Gasteiger partial charge in [-0.3, -0.25) is 9.97 Å². The largest absolute Gasteiger partial charge is 0.256 e. The fraction of sp³-hybridized carbons (Fsp3) is 0.500. The zero-order chi connectivity index (χ0) is 9.90. The third kappa shape index (κ3) is 2.83. The van der Waals surface area contributed by atoms with Gasteiger partial charge in [0.15, 0.2) is 0 Å². The fourth-order valence-corrected chi connectivity index (χ4v) is 1.08. The van der Waals surface area contributed by atoms with E-state index in [1.54, 1.807) is 6.20 Å². The highest BCUT2D eigenvalue weighted by Gasteiger charge is 2.14. The fourth-order valence-electron chi connectivity index (χ4n) is 1.08. The summed E-state index contributed by atoms with van der Waals surface area (Å²) in [6.07, 6.45) is 3.88. The van der Waals surface area contributed by atoms with Crippen LogP contribution in [0.15, 0.2) is 12.5 Å². The van der Waals surface area contributed by atoms with Gasteiger partial charge in [-0.25, -0.2) is 4.85 Å². The van der Waals surface area contributed by atoms with Crippen molar-refractivity contribution in [3.8, 4) is 0 Å². The van der Waals surface area contributed by atoms with Gasteiger partial charge in [0.2, 0.25) is 5.69 Å². The molecule has 3 nitrogen and oxygen atoms in total. The Morgan fingerprint density at radius 1 is 1.46 bits per heavy atom. The molecule has 3 heteroatoms. The van der Waals surface area contributed by atoms with Gasteiger partial charge >= 0.3 is 0 Å². The van der Waals surface area contributed by atoms with Crippen molar-refractivity contribution in [2.75, 3.05) is 0 Å². The molecule has 0 N–H and O–H groups in total. The molecule has 0 spiro atoms. The molecule has 1 rings (SSSR count). The van der Waals surface area contributed by atoms with Crippen LogP contribution in [-0.4, -0.2) is 9.97 Å². The second kappa shape index (κ2) is 3.53. The van der Waals surface area contributed by atoms with Gasteiger partial charge in [0.25, 0.3) is 0 Å². The molecule has 1 aromatic heterocycles. The molecule has 0 amide bonds. The predicted octanol–water partition coefficient (Wildman–Crippen LogP) is 2.62. The molecule has 68 valence electrons. The first-order chi connectivity index (χ1) is 6.03. The lowest BCUT2D eigenvalue weighted by Crippen LogP contribution is -2.10. The molecule has 13 heavy (non-hydrogen) atoms. The molecule has 0 radical (unpaired) electrons. The van der Waals surface area contributed by atoms with Crippen LogP contribution in [0.5, 0.6) is 0 Å². The van der Waals surface area contributed by atoms with E-state index < -0.39 is 0 Å². The van der Waals surface area contributed by atoms with Gasteiger partial charge < -0.3 is 0 Å². The maximum Gasteiger partial charge on any atom is 0.226 e. The third-order valence-electron chi connectivity index (χ3n) is 1.59. The maximum absolute atomic E-state index is 6.94. The van der Waals surface area contributed by atoms with Gasteiger partial charge in [0, 0.05) is 6.20 Å². The molecule has 0 aliphatic carbocycles. The van der Waals surface area contributed by atoms with Crippen molar-refractivity contribution >= 4 is 5.69 Å². The van der Waals surface area contributed by atoms with E-state index in [4.69, 9.17) is 6.57 Å². The van der Waals surface area contributed by atoms with Crippen LogP contribution < -0.4 is 0 Å². The van der Waals surface area contributed by atoms with Crippen molar-refractivity contribution < 1.29 is 0 Å². The molecule has 0 fully saturated rings. The summed E-state index contributed by atoms with van der Waals surface area (Å²) in [5.41, 5.74) is 1.57. The lowest BCUT2D eigenvalue weighted by Gasteiger charge is -2.17. The van der Waals surface area contributed by atoms with E-state index >= 15 is 0 Å². The van der Waals surface area contributed by atoms with E-state index in [1.807, 2.05) is 0 Å². The Bertz CT molecular complexity index is 331. The minimum atomic E-state index is 0.161. The normalized spacial score (nSPS) is 10.9. The van der Waals surface area contributed by atoms with Crippen molar-refractivity contribution in [3.63, 3.8) is 0 Å². The van der Waals surface area contributed by atoms with E-state index in [0.717, 1.165) is 12.1 Å². The van der Waals surface area contributed by atoms with Gasteiger partial charge in [-0.15, -0.1) is 0 Å². The number of hydrogen-bond acceptors (Lipinski definition) is 2. The second-order valence-electron chi connectivity index (χ2n) is 4.20. The Hall–Kier alpha value is -1.43. The van der Waals surface area contributed by atoms with E-state index in [9.17, 15) is 0 Å². The summed E-state index contributed by atoms with van der Waals surface area (Å²) in [6.45, 7) is 13.3. The van der Waals surface area contributed by atoms with Crippen LogP contribution in [0.1, 0.15) is 26.5 Å². The van der Waals surface area contributed by atoms with Crippen molar-refractivity contribution in [1.29, 1.82) is 0 Å². The monoisotopic (exact) mass is 175 g/mol. The molecular weight excluding hydrogens is 162 g/mol.